The van der Waals surface area contributed by atoms with E-state index in [9.17, 15) is 9.59 Å². The first-order valence-electron chi connectivity index (χ1n) is 7.07. The van der Waals surface area contributed by atoms with Crippen molar-refractivity contribution in [1.29, 1.82) is 0 Å². The maximum absolute atomic E-state index is 12.0. The van der Waals surface area contributed by atoms with Crippen LogP contribution in [0.15, 0.2) is 29.6 Å². The van der Waals surface area contributed by atoms with Gasteiger partial charge in [0.25, 0.3) is 11.8 Å². The van der Waals surface area contributed by atoms with Crippen molar-refractivity contribution in [2.75, 3.05) is 18.5 Å². The molecular formula is C15H19ClN4O3S. The van der Waals surface area contributed by atoms with Gasteiger partial charge in [-0.2, -0.15) is 0 Å². The van der Waals surface area contributed by atoms with E-state index in [1.807, 2.05) is 6.92 Å². The van der Waals surface area contributed by atoms with Crippen LogP contribution in [0.2, 0.25) is 0 Å². The summed E-state index contributed by atoms with van der Waals surface area (Å²) in [6, 6.07) is 6.75. The molecule has 0 atom stereocenters. The van der Waals surface area contributed by atoms with Gasteiger partial charge in [-0.05, 0) is 31.2 Å². The second kappa shape index (κ2) is 9.86. The number of halogens is 1. The average molecular weight is 371 g/mol. The van der Waals surface area contributed by atoms with Crippen molar-refractivity contribution in [1.82, 2.24) is 10.3 Å². The number of likely N-dealkylation sites (N-methyl/N-ethyl adjacent to an activating group) is 1. The summed E-state index contributed by atoms with van der Waals surface area (Å²) in [6.07, 6.45) is 0. The molecule has 2 rings (SSSR count). The Morgan fingerprint density at radius 3 is 2.58 bits per heavy atom. The minimum atomic E-state index is -0.294. The molecule has 0 saturated heterocycles. The predicted octanol–water partition coefficient (Wildman–Crippen LogP) is 1.79. The van der Waals surface area contributed by atoms with Crippen molar-refractivity contribution >= 4 is 41.2 Å². The zero-order valence-electron chi connectivity index (χ0n) is 13.1. The Hall–Kier alpha value is -2.16. The first-order valence-corrected chi connectivity index (χ1v) is 7.95. The van der Waals surface area contributed by atoms with Gasteiger partial charge in [0.05, 0.1) is 0 Å². The third kappa shape index (κ3) is 5.80. The first-order chi connectivity index (χ1) is 11.1. The Kier molecular flexibility index (Phi) is 8.17. The lowest BCUT2D eigenvalue weighted by Gasteiger charge is -2.07. The van der Waals surface area contributed by atoms with Crippen molar-refractivity contribution in [3.63, 3.8) is 0 Å². The van der Waals surface area contributed by atoms with Crippen LogP contribution < -0.4 is 21.1 Å². The van der Waals surface area contributed by atoms with Crippen molar-refractivity contribution in [3.8, 4) is 5.75 Å². The summed E-state index contributed by atoms with van der Waals surface area (Å²) in [7, 11) is 0. The topological polar surface area (TPSA) is 106 Å². The van der Waals surface area contributed by atoms with Crippen LogP contribution in [0.3, 0.4) is 0 Å². The number of nitrogens with one attached hydrogen (secondary N) is 2. The highest BCUT2D eigenvalue weighted by Crippen LogP contribution is 2.17. The Morgan fingerprint density at radius 2 is 2.00 bits per heavy atom. The second-order valence-corrected chi connectivity index (χ2v) is 5.49. The summed E-state index contributed by atoms with van der Waals surface area (Å²) in [5.41, 5.74) is 6.43. The van der Waals surface area contributed by atoms with E-state index in [4.69, 9.17) is 10.5 Å². The fraction of sp³-hybridized carbons (Fsp3) is 0.267. The molecule has 2 amide bonds. The van der Waals surface area contributed by atoms with Gasteiger partial charge in [-0.1, -0.05) is 0 Å². The molecule has 0 saturated carbocycles. The molecule has 0 aliphatic rings. The zero-order chi connectivity index (χ0) is 16.7. The second-order valence-electron chi connectivity index (χ2n) is 4.55. The van der Waals surface area contributed by atoms with Crippen molar-refractivity contribution in [2.24, 2.45) is 5.73 Å². The quantitative estimate of drug-likeness (QED) is 0.688. The summed E-state index contributed by atoms with van der Waals surface area (Å²) in [5.74, 6) is 0.0781. The molecular weight excluding hydrogens is 352 g/mol. The molecule has 2 aromatic rings. The minimum Gasteiger partial charge on any atom is -0.484 e. The van der Waals surface area contributed by atoms with Crippen LogP contribution in [0.4, 0.5) is 5.69 Å². The average Bonchev–Trinajstić information content (AvgIpc) is 3.04. The van der Waals surface area contributed by atoms with Gasteiger partial charge in [-0.25, -0.2) is 4.98 Å². The maximum atomic E-state index is 12.0. The minimum absolute atomic E-state index is 0. The highest BCUT2D eigenvalue weighted by Gasteiger charge is 2.10. The molecule has 1 aromatic carbocycles. The number of carbonyl (C=O) groups is 2. The van der Waals surface area contributed by atoms with Gasteiger partial charge < -0.3 is 21.1 Å². The number of hydrogen-bond acceptors (Lipinski definition) is 6. The number of thiazole rings is 1. The summed E-state index contributed by atoms with van der Waals surface area (Å²) >= 11 is 1.35. The Morgan fingerprint density at radius 1 is 1.29 bits per heavy atom. The number of aromatic nitrogens is 1. The lowest BCUT2D eigenvalue weighted by Crippen LogP contribution is -2.28. The lowest BCUT2D eigenvalue weighted by atomic mass is 10.3. The predicted molar refractivity (Wildman–Crippen MR) is 95.8 cm³/mol. The molecule has 0 aliphatic carbocycles. The van der Waals surface area contributed by atoms with Crippen LogP contribution in [0.25, 0.3) is 0 Å². The molecule has 130 valence electrons. The van der Waals surface area contributed by atoms with Crippen LogP contribution in [0, 0.1) is 0 Å². The van der Waals surface area contributed by atoms with E-state index in [2.05, 4.69) is 15.6 Å². The van der Waals surface area contributed by atoms with Crippen LogP contribution in [0.1, 0.15) is 22.4 Å². The van der Waals surface area contributed by atoms with Crippen molar-refractivity contribution in [3.05, 3.63) is 40.3 Å². The third-order valence-corrected chi connectivity index (χ3v) is 3.69. The summed E-state index contributed by atoms with van der Waals surface area (Å²) in [4.78, 5) is 27.4. The molecule has 0 unspecified atom stereocenters. The van der Waals surface area contributed by atoms with Crippen LogP contribution >= 0.6 is 23.7 Å². The van der Waals surface area contributed by atoms with E-state index < -0.39 is 0 Å². The van der Waals surface area contributed by atoms with Crippen molar-refractivity contribution in [2.45, 2.75) is 13.5 Å². The fourth-order valence-corrected chi connectivity index (χ4v) is 2.39. The van der Waals surface area contributed by atoms with Gasteiger partial charge in [-0.15, -0.1) is 23.7 Å². The van der Waals surface area contributed by atoms with Crippen molar-refractivity contribution < 1.29 is 14.3 Å². The van der Waals surface area contributed by atoms with Gasteiger partial charge in [0.15, 0.2) is 6.61 Å². The molecule has 0 bridgehead atoms. The molecule has 7 nitrogen and oxygen atoms in total. The van der Waals surface area contributed by atoms with E-state index >= 15 is 0 Å². The Labute approximate surface area is 150 Å². The molecule has 0 fully saturated rings. The lowest BCUT2D eigenvalue weighted by molar-refractivity contribution is -0.122. The maximum Gasteiger partial charge on any atom is 0.275 e. The molecule has 0 radical (unpaired) electrons. The molecule has 0 spiro atoms. The SMILES string of the molecule is CCNC(=O)COc1ccc(NC(=O)c2csc(CN)n2)cc1.Cl. The Balaban J connectivity index is 0.00000288. The van der Waals surface area contributed by atoms with E-state index in [-0.39, 0.29) is 30.8 Å². The molecule has 1 heterocycles. The largest absolute Gasteiger partial charge is 0.484 e. The number of nitrogens with zero attached hydrogens (tertiary/aromatic N) is 1. The molecule has 1 aromatic heterocycles. The van der Waals surface area contributed by atoms with Gasteiger partial charge in [0.2, 0.25) is 0 Å². The van der Waals surface area contributed by atoms with Gasteiger partial charge in [0.1, 0.15) is 16.5 Å². The number of amides is 2. The fourth-order valence-electron chi connectivity index (χ4n) is 1.74. The highest BCUT2D eigenvalue weighted by molar-refractivity contribution is 7.09. The van der Waals surface area contributed by atoms with E-state index in [1.165, 1.54) is 11.3 Å². The van der Waals surface area contributed by atoms with E-state index in [1.54, 1.807) is 29.6 Å². The van der Waals surface area contributed by atoms with Gasteiger partial charge in [-0.3, -0.25) is 9.59 Å². The van der Waals surface area contributed by atoms with Gasteiger partial charge >= 0.3 is 0 Å². The number of carbonyl (C=O) groups excluding carboxylic acids is 2. The van der Waals surface area contributed by atoms with Crippen LogP contribution in [-0.2, 0) is 11.3 Å². The van der Waals surface area contributed by atoms with Crippen LogP contribution in [0.5, 0.6) is 5.75 Å². The van der Waals surface area contributed by atoms with E-state index in [0.29, 0.717) is 35.2 Å². The molecule has 0 aliphatic heterocycles. The number of nitrogens with two attached hydrogens (primary N) is 1. The number of rotatable bonds is 7. The number of ether oxygens (including phenoxy) is 1. The molecule has 9 heteroatoms. The normalized spacial score (nSPS) is 9.75. The number of benzene rings is 1. The standard InChI is InChI=1S/C15H18N4O3S.ClH/c1-2-17-13(20)8-22-11-5-3-10(4-6-11)18-15(21)12-9-23-14(7-16)19-12;/h3-6,9H,2,7-8,16H2,1H3,(H,17,20)(H,18,21);1H. The van der Waals surface area contributed by atoms with Crippen LogP contribution in [-0.4, -0.2) is 29.9 Å². The summed E-state index contributed by atoms with van der Waals surface area (Å²) in [5, 5.41) is 7.76. The first kappa shape index (κ1) is 19.9. The monoisotopic (exact) mass is 370 g/mol. The number of anilines is 1. The molecule has 4 N–H and O–H groups in total. The zero-order valence-corrected chi connectivity index (χ0v) is 14.7. The summed E-state index contributed by atoms with van der Waals surface area (Å²) in [6.45, 7) is 2.68. The smallest absolute Gasteiger partial charge is 0.275 e. The van der Waals surface area contributed by atoms with Gasteiger partial charge in [0, 0.05) is 24.2 Å². The number of hydrogen-bond donors (Lipinski definition) is 3. The highest BCUT2D eigenvalue weighted by atomic mass is 35.5. The summed E-state index contributed by atoms with van der Waals surface area (Å²) < 4.78 is 5.33. The molecule has 24 heavy (non-hydrogen) atoms. The Bertz CT molecular complexity index is 676. The van der Waals surface area contributed by atoms with E-state index in [0.717, 1.165) is 0 Å². The third-order valence-electron chi connectivity index (χ3n) is 2.82.